The monoisotopic (exact) mass is 569 g/mol. The molecule has 5 rings (SSSR count). The summed E-state index contributed by atoms with van der Waals surface area (Å²) in [6.45, 7) is 3.59. The first kappa shape index (κ1) is 30.6. The molecule has 5 atom stereocenters. The van der Waals surface area contributed by atoms with Crippen molar-refractivity contribution in [2.75, 3.05) is 19.7 Å². The lowest BCUT2D eigenvalue weighted by molar-refractivity contribution is -0.176. The van der Waals surface area contributed by atoms with Gasteiger partial charge in [-0.2, -0.15) is 0 Å². The fourth-order valence-corrected chi connectivity index (χ4v) is 6.24. The number of aliphatic hydroxyl groups is 3. The second kappa shape index (κ2) is 13.6. The number of aliphatic hydroxyl groups excluding tert-OH is 2. The molecule has 0 amide bonds. The van der Waals surface area contributed by atoms with Gasteiger partial charge in [0.25, 0.3) is 0 Å². The Morgan fingerprint density at radius 2 is 1.34 bits per heavy atom. The predicted molar refractivity (Wildman–Crippen MR) is 147 cm³/mol. The van der Waals surface area contributed by atoms with Crippen LogP contribution < -0.4 is 0 Å². The third kappa shape index (κ3) is 7.32. The van der Waals surface area contributed by atoms with Crippen molar-refractivity contribution in [3.05, 3.63) is 71.8 Å². The van der Waals surface area contributed by atoms with Crippen molar-refractivity contribution < 1.29 is 44.7 Å². The maximum atomic E-state index is 13.2. The number of hydrogen-bond acceptors (Lipinski definition) is 8. The summed E-state index contributed by atoms with van der Waals surface area (Å²) in [4.78, 5) is 35.3. The molecule has 10 nitrogen and oxygen atoms in total. The molecule has 1 aliphatic heterocycles. The second-order valence-corrected chi connectivity index (χ2v) is 11.3. The molecule has 0 aromatic heterocycles. The zero-order chi connectivity index (χ0) is 29.6. The van der Waals surface area contributed by atoms with Crippen molar-refractivity contribution in [1.82, 2.24) is 4.90 Å². The van der Waals surface area contributed by atoms with Crippen LogP contribution in [0.15, 0.2) is 60.7 Å². The number of carboxylic acids is 2. The topological polar surface area (TPSA) is 165 Å². The van der Waals surface area contributed by atoms with Gasteiger partial charge in [-0.3, -0.25) is 4.90 Å². The molecular formula is C31H39NO9. The van der Waals surface area contributed by atoms with Gasteiger partial charge in [0.15, 0.2) is 17.8 Å². The normalized spacial score (nSPS) is 25.0. The van der Waals surface area contributed by atoms with E-state index in [0.717, 1.165) is 45.3 Å². The van der Waals surface area contributed by atoms with Crippen LogP contribution in [0.25, 0.3) is 0 Å². The van der Waals surface area contributed by atoms with E-state index in [2.05, 4.69) is 35.2 Å². The average Bonchev–Trinajstić information content (AvgIpc) is 3.45. The van der Waals surface area contributed by atoms with E-state index in [1.807, 2.05) is 30.3 Å². The Morgan fingerprint density at radius 3 is 1.85 bits per heavy atom. The zero-order valence-corrected chi connectivity index (χ0v) is 22.9. The quantitative estimate of drug-likeness (QED) is 0.268. The first-order valence-electron chi connectivity index (χ1n) is 14.2. The minimum Gasteiger partial charge on any atom is -0.479 e. The number of benzene rings is 2. The largest absolute Gasteiger partial charge is 0.479 e. The van der Waals surface area contributed by atoms with Crippen molar-refractivity contribution in [2.45, 2.75) is 56.5 Å². The van der Waals surface area contributed by atoms with Gasteiger partial charge in [-0.25, -0.2) is 14.4 Å². The van der Waals surface area contributed by atoms with Gasteiger partial charge in [0.2, 0.25) is 0 Å². The van der Waals surface area contributed by atoms with Gasteiger partial charge in [-0.05, 0) is 35.8 Å². The van der Waals surface area contributed by atoms with Crippen LogP contribution in [0.5, 0.6) is 0 Å². The number of nitrogens with zero attached hydrogens (tertiary/aromatic N) is 1. The molecule has 5 unspecified atom stereocenters. The Hall–Kier alpha value is -3.31. The Kier molecular flexibility index (Phi) is 10.1. The molecule has 2 saturated carbocycles. The van der Waals surface area contributed by atoms with E-state index in [9.17, 15) is 19.5 Å². The fraction of sp³-hybridized carbons (Fsp3) is 0.516. The SMILES string of the molecule is O=C(O)C(O)C(O)C(=O)O.O=C(OCC1C2CN(Cc3ccccc3)CC12)C(O)(c1ccccc1)C1CCCCC1. The van der Waals surface area contributed by atoms with Crippen molar-refractivity contribution in [3.8, 4) is 0 Å². The Bertz CT molecular complexity index is 1140. The first-order chi connectivity index (χ1) is 19.6. The highest BCUT2D eigenvalue weighted by Gasteiger charge is 2.56. The smallest absolute Gasteiger partial charge is 0.343 e. The number of carbonyl (C=O) groups excluding carboxylic acids is 1. The fourth-order valence-electron chi connectivity index (χ4n) is 6.24. The number of fused-ring (bicyclic) bond motifs is 1. The van der Waals surface area contributed by atoms with Gasteiger partial charge in [-0.15, -0.1) is 0 Å². The molecule has 41 heavy (non-hydrogen) atoms. The minimum atomic E-state index is -2.27. The number of aliphatic carboxylic acids is 2. The summed E-state index contributed by atoms with van der Waals surface area (Å²) >= 11 is 0. The first-order valence-corrected chi connectivity index (χ1v) is 14.2. The molecule has 2 aliphatic carbocycles. The summed E-state index contributed by atoms with van der Waals surface area (Å²) in [5.41, 5.74) is 0.509. The van der Waals surface area contributed by atoms with E-state index in [0.29, 0.717) is 29.9 Å². The van der Waals surface area contributed by atoms with E-state index in [1.165, 1.54) is 12.0 Å². The molecular weight excluding hydrogens is 530 g/mol. The summed E-state index contributed by atoms with van der Waals surface area (Å²) in [5, 5.41) is 44.2. The van der Waals surface area contributed by atoms with Crippen LogP contribution in [0.3, 0.4) is 0 Å². The number of hydrogen-bond donors (Lipinski definition) is 5. The van der Waals surface area contributed by atoms with Crippen LogP contribution in [0.4, 0.5) is 0 Å². The van der Waals surface area contributed by atoms with Crippen molar-refractivity contribution in [3.63, 3.8) is 0 Å². The second-order valence-electron chi connectivity index (χ2n) is 11.3. The lowest BCUT2D eigenvalue weighted by atomic mass is 9.73. The van der Waals surface area contributed by atoms with E-state index < -0.39 is 35.7 Å². The van der Waals surface area contributed by atoms with Crippen LogP contribution in [0.1, 0.15) is 43.2 Å². The molecule has 222 valence electrons. The Balaban J connectivity index is 0.000000334. The van der Waals surface area contributed by atoms with Crippen LogP contribution in [0.2, 0.25) is 0 Å². The molecule has 1 saturated heterocycles. The molecule has 0 bridgehead atoms. The number of carboxylic acid groups (broad SMARTS) is 2. The number of ether oxygens (including phenoxy) is 1. The highest BCUT2D eigenvalue weighted by atomic mass is 16.6. The van der Waals surface area contributed by atoms with E-state index in [-0.39, 0.29) is 5.92 Å². The van der Waals surface area contributed by atoms with Gasteiger partial charge in [-0.1, -0.05) is 79.9 Å². The predicted octanol–water partition coefficient (Wildman–Crippen LogP) is 2.25. The highest BCUT2D eigenvalue weighted by Crippen LogP contribution is 2.52. The summed E-state index contributed by atoms with van der Waals surface area (Å²) in [6.07, 6.45) is 0.540. The third-order valence-corrected chi connectivity index (χ3v) is 8.63. The molecule has 10 heteroatoms. The van der Waals surface area contributed by atoms with Crippen LogP contribution in [-0.4, -0.2) is 80.2 Å². The molecule has 1 heterocycles. The number of carbonyl (C=O) groups is 3. The molecule has 5 N–H and O–H groups in total. The summed E-state index contributed by atoms with van der Waals surface area (Å²) in [6, 6.07) is 20.0. The van der Waals surface area contributed by atoms with Gasteiger partial charge >= 0.3 is 17.9 Å². The molecule has 3 aliphatic rings. The minimum absolute atomic E-state index is 0.0591. The standard InChI is InChI=1S/C27H33NO3.C4H6O6/c29-26(27(30,21-12-6-2-7-13-21)22-14-8-3-9-15-22)31-19-25-23-17-28(18-24(23)25)16-20-10-4-1-5-11-20;5-1(3(7)8)2(6)4(9)10/h1-2,4-7,10-13,22-25,30H,3,8-9,14-19H2;1-2,5-6H,(H,7,8)(H,9,10). The number of piperidine rings is 1. The van der Waals surface area contributed by atoms with Gasteiger partial charge in [0.1, 0.15) is 0 Å². The van der Waals surface area contributed by atoms with Crippen molar-refractivity contribution in [1.29, 1.82) is 0 Å². The van der Waals surface area contributed by atoms with Crippen molar-refractivity contribution >= 4 is 17.9 Å². The van der Waals surface area contributed by atoms with Crippen LogP contribution in [0, 0.1) is 23.7 Å². The van der Waals surface area contributed by atoms with Gasteiger partial charge in [0, 0.05) is 31.5 Å². The van der Waals surface area contributed by atoms with Gasteiger partial charge < -0.3 is 30.3 Å². The Morgan fingerprint density at radius 1 is 0.829 bits per heavy atom. The highest BCUT2D eigenvalue weighted by molar-refractivity contribution is 5.83. The van der Waals surface area contributed by atoms with Crippen LogP contribution >= 0.6 is 0 Å². The summed E-state index contributed by atoms with van der Waals surface area (Å²) in [5.74, 6) is -2.35. The van der Waals surface area contributed by atoms with Gasteiger partial charge in [0.05, 0.1) is 6.61 Å². The van der Waals surface area contributed by atoms with E-state index in [1.54, 1.807) is 0 Å². The molecule has 2 aromatic carbocycles. The lowest BCUT2D eigenvalue weighted by Crippen LogP contribution is -2.45. The molecule has 0 radical (unpaired) electrons. The van der Waals surface area contributed by atoms with E-state index >= 15 is 0 Å². The maximum absolute atomic E-state index is 13.2. The summed E-state index contributed by atoms with van der Waals surface area (Å²) in [7, 11) is 0. The lowest BCUT2D eigenvalue weighted by Gasteiger charge is -2.36. The maximum Gasteiger partial charge on any atom is 0.343 e. The van der Waals surface area contributed by atoms with Crippen LogP contribution in [-0.2, 0) is 31.3 Å². The zero-order valence-electron chi connectivity index (χ0n) is 22.9. The van der Waals surface area contributed by atoms with E-state index in [4.69, 9.17) is 25.2 Å². The number of rotatable bonds is 10. The molecule has 0 spiro atoms. The summed E-state index contributed by atoms with van der Waals surface area (Å²) < 4.78 is 5.82. The molecule has 3 fully saturated rings. The Labute approximate surface area is 239 Å². The third-order valence-electron chi connectivity index (χ3n) is 8.63. The average molecular weight is 570 g/mol. The molecule has 2 aromatic rings. The number of esters is 1. The van der Waals surface area contributed by atoms with Crippen molar-refractivity contribution in [2.24, 2.45) is 23.7 Å². The number of likely N-dealkylation sites (tertiary alicyclic amines) is 1.